The summed E-state index contributed by atoms with van der Waals surface area (Å²) in [6.07, 6.45) is 1.32. The van der Waals surface area contributed by atoms with Crippen molar-refractivity contribution in [1.29, 1.82) is 5.41 Å². The maximum absolute atomic E-state index is 12.7. The van der Waals surface area contributed by atoms with Crippen LogP contribution in [0.5, 0.6) is 0 Å². The molecule has 2 aliphatic heterocycles. The number of urea groups is 1. The molecule has 0 bridgehead atoms. The number of halogens is 1. The van der Waals surface area contributed by atoms with Crippen LogP contribution in [0.25, 0.3) is 0 Å². The summed E-state index contributed by atoms with van der Waals surface area (Å²) < 4.78 is 1.05. The third-order valence-electron chi connectivity index (χ3n) is 4.96. The number of carbonyl (C=O) groups is 1. The minimum absolute atomic E-state index is 0.221. The second-order valence-corrected chi connectivity index (χ2v) is 8.99. The van der Waals surface area contributed by atoms with Crippen molar-refractivity contribution in [2.75, 3.05) is 18.0 Å². The first-order chi connectivity index (χ1) is 12.0. The summed E-state index contributed by atoms with van der Waals surface area (Å²) in [4.78, 5) is 20.4. The summed E-state index contributed by atoms with van der Waals surface area (Å²) in [6.45, 7) is 11.5. The number of anilines is 1. The standard InChI is InChI=1S/C19H27BrN4O2/c1-12-10-14(11-13(2)15(12)20)24-17(25)22-16(21)19(24)6-8-23(9-7-19)26-18(3,4)5/h10-11H,6-9H2,1-5H3,(H2,21,22,25). The van der Waals surface area contributed by atoms with Crippen molar-refractivity contribution >= 4 is 33.5 Å². The number of amides is 2. The zero-order valence-corrected chi connectivity index (χ0v) is 17.7. The quantitative estimate of drug-likeness (QED) is 0.752. The van der Waals surface area contributed by atoms with Gasteiger partial charge in [0, 0.05) is 23.2 Å². The minimum atomic E-state index is -0.623. The number of carbonyl (C=O) groups excluding carboxylic acids is 1. The van der Waals surface area contributed by atoms with Gasteiger partial charge in [0.15, 0.2) is 0 Å². The Bertz CT molecular complexity index is 725. The fourth-order valence-corrected chi connectivity index (χ4v) is 4.04. The van der Waals surface area contributed by atoms with Crippen LogP contribution in [0.2, 0.25) is 0 Å². The zero-order valence-electron chi connectivity index (χ0n) is 16.1. The summed E-state index contributed by atoms with van der Waals surface area (Å²) in [7, 11) is 0. The van der Waals surface area contributed by atoms with Crippen molar-refractivity contribution in [1.82, 2.24) is 10.4 Å². The Hall–Kier alpha value is -1.44. The molecule has 26 heavy (non-hydrogen) atoms. The van der Waals surface area contributed by atoms with Crippen LogP contribution in [-0.2, 0) is 4.84 Å². The molecule has 7 heteroatoms. The molecule has 142 valence electrons. The average molecular weight is 423 g/mol. The Labute approximate surface area is 163 Å². The van der Waals surface area contributed by atoms with E-state index in [9.17, 15) is 4.79 Å². The number of nitrogens with zero attached hydrogens (tertiary/aromatic N) is 2. The minimum Gasteiger partial charge on any atom is -0.294 e. The Morgan fingerprint density at radius 3 is 2.23 bits per heavy atom. The van der Waals surface area contributed by atoms with Crippen molar-refractivity contribution in [2.24, 2.45) is 0 Å². The largest absolute Gasteiger partial charge is 0.328 e. The normalized spacial score (nSPS) is 20.8. The van der Waals surface area contributed by atoms with E-state index in [0.717, 1.165) is 21.3 Å². The first-order valence-electron chi connectivity index (χ1n) is 8.94. The van der Waals surface area contributed by atoms with Gasteiger partial charge < -0.3 is 0 Å². The van der Waals surface area contributed by atoms with Gasteiger partial charge in [-0.05, 0) is 70.7 Å². The predicted molar refractivity (Wildman–Crippen MR) is 107 cm³/mol. The highest BCUT2D eigenvalue weighted by atomic mass is 79.9. The Kier molecular flexibility index (Phi) is 4.92. The summed E-state index contributed by atoms with van der Waals surface area (Å²) in [5.74, 6) is 0.288. The van der Waals surface area contributed by atoms with E-state index in [2.05, 4.69) is 21.2 Å². The average Bonchev–Trinajstić information content (AvgIpc) is 2.76. The second-order valence-electron chi connectivity index (χ2n) is 8.20. The lowest BCUT2D eigenvalue weighted by molar-refractivity contribution is -0.237. The third kappa shape index (κ3) is 3.40. The highest BCUT2D eigenvalue weighted by Crippen LogP contribution is 2.39. The van der Waals surface area contributed by atoms with E-state index in [4.69, 9.17) is 10.2 Å². The molecule has 0 radical (unpaired) electrons. The third-order valence-corrected chi connectivity index (χ3v) is 6.21. The van der Waals surface area contributed by atoms with Gasteiger partial charge >= 0.3 is 6.03 Å². The first-order valence-corrected chi connectivity index (χ1v) is 9.74. The second kappa shape index (κ2) is 6.62. The Morgan fingerprint density at radius 2 is 1.73 bits per heavy atom. The van der Waals surface area contributed by atoms with Gasteiger partial charge in [-0.25, -0.2) is 4.79 Å². The number of nitrogens with one attached hydrogen (secondary N) is 2. The molecule has 3 rings (SSSR count). The van der Waals surface area contributed by atoms with Crippen molar-refractivity contribution in [2.45, 2.75) is 58.6 Å². The maximum Gasteiger partial charge on any atom is 0.328 e. The van der Waals surface area contributed by atoms with Crippen LogP contribution >= 0.6 is 15.9 Å². The van der Waals surface area contributed by atoms with Gasteiger partial charge in [0.25, 0.3) is 0 Å². The number of hydroxylamine groups is 2. The van der Waals surface area contributed by atoms with Crippen LogP contribution in [0, 0.1) is 19.3 Å². The SMILES string of the molecule is Cc1cc(N2C(=O)NC(=N)C23CCN(OC(C)(C)C)CC3)cc(C)c1Br. The topological polar surface area (TPSA) is 68.7 Å². The number of aryl methyl sites for hydroxylation is 2. The van der Waals surface area contributed by atoms with E-state index < -0.39 is 5.54 Å². The van der Waals surface area contributed by atoms with Crippen LogP contribution in [0.3, 0.4) is 0 Å². The van der Waals surface area contributed by atoms with E-state index in [0.29, 0.717) is 25.9 Å². The van der Waals surface area contributed by atoms with E-state index in [1.54, 1.807) is 4.90 Å². The number of amidine groups is 1. The number of hydrogen-bond donors (Lipinski definition) is 2. The molecule has 1 spiro atoms. The molecule has 0 aromatic heterocycles. The summed E-state index contributed by atoms with van der Waals surface area (Å²) in [5, 5.41) is 13.2. The molecule has 2 fully saturated rings. The lowest BCUT2D eigenvalue weighted by Crippen LogP contribution is -2.57. The molecule has 0 atom stereocenters. The first kappa shape index (κ1) is 19.3. The molecule has 6 nitrogen and oxygen atoms in total. The number of rotatable bonds is 2. The van der Waals surface area contributed by atoms with E-state index in [-0.39, 0.29) is 17.5 Å². The fourth-order valence-electron chi connectivity index (χ4n) is 3.81. The smallest absolute Gasteiger partial charge is 0.294 e. The summed E-state index contributed by atoms with van der Waals surface area (Å²) in [5.41, 5.74) is 2.13. The van der Waals surface area contributed by atoms with Crippen LogP contribution in [0.4, 0.5) is 10.5 Å². The van der Waals surface area contributed by atoms with Crippen molar-refractivity contribution in [3.8, 4) is 0 Å². The molecule has 2 saturated heterocycles. The molecule has 1 aromatic rings. The van der Waals surface area contributed by atoms with Crippen LogP contribution in [-0.4, -0.2) is 41.2 Å². The highest BCUT2D eigenvalue weighted by Gasteiger charge is 2.52. The molecule has 0 aliphatic carbocycles. The van der Waals surface area contributed by atoms with Crippen molar-refractivity contribution in [3.63, 3.8) is 0 Å². The van der Waals surface area contributed by atoms with Gasteiger partial charge in [-0.2, -0.15) is 5.06 Å². The molecule has 0 unspecified atom stereocenters. The van der Waals surface area contributed by atoms with Crippen LogP contribution in [0.1, 0.15) is 44.7 Å². The van der Waals surface area contributed by atoms with Gasteiger partial charge in [0.1, 0.15) is 11.4 Å². The van der Waals surface area contributed by atoms with Crippen molar-refractivity contribution < 1.29 is 9.63 Å². The van der Waals surface area contributed by atoms with E-state index in [1.807, 2.05) is 51.8 Å². The molecular weight excluding hydrogens is 396 g/mol. The lowest BCUT2D eigenvalue weighted by atomic mass is 9.85. The monoisotopic (exact) mass is 422 g/mol. The summed E-state index contributed by atoms with van der Waals surface area (Å²) in [6, 6.07) is 3.80. The molecule has 0 saturated carbocycles. The molecule has 1 aromatic carbocycles. The van der Waals surface area contributed by atoms with Gasteiger partial charge in [-0.15, -0.1) is 0 Å². The van der Waals surface area contributed by atoms with Gasteiger partial charge in [0.2, 0.25) is 0 Å². The molecule has 2 aliphatic rings. The highest BCUT2D eigenvalue weighted by molar-refractivity contribution is 9.10. The van der Waals surface area contributed by atoms with E-state index in [1.165, 1.54) is 0 Å². The van der Waals surface area contributed by atoms with E-state index >= 15 is 0 Å². The Morgan fingerprint density at radius 1 is 1.19 bits per heavy atom. The zero-order chi connectivity index (χ0) is 19.3. The summed E-state index contributed by atoms with van der Waals surface area (Å²) >= 11 is 3.59. The van der Waals surface area contributed by atoms with Crippen LogP contribution < -0.4 is 10.2 Å². The fraction of sp³-hybridized carbons (Fsp3) is 0.579. The number of piperidine rings is 1. The predicted octanol–water partition coefficient (Wildman–Crippen LogP) is 4.14. The van der Waals surface area contributed by atoms with Gasteiger partial charge in [0.05, 0.1) is 5.60 Å². The number of benzene rings is 1. The van der Waals surface area contributed by atoms with Crippen LogP contribution in [0.15, 0.2) is 16.6 Å². The molecular formula is C19H27BrN4O2. The molecule has 2 heterocycles. The molecule has 2 N–H and O–H groups in total. The number of hydrogen-bond acceptors (Lipinski definition) is 4. The Balaban J connectivity index is 1.91. The lowest BCUT2D eigenvalue weighted by Gasteiger charge is -2.44. The maximum atomic E-state index is 12.7. The molecule has 2 amide bonds. The van der Waals surface area contributed by atoms with Gasteiger partial charge in [-0.3, -0.25) is 20.5 Å². The van der Waals surface area contributed by atoms with Crippen molar-refractivity contribution in [3.05, 3.63) is 27.7 Å². The van der Waals surface area contributed by atoms with Gasteiger partial charge in [-0.1, -0.05) is 15.9 Å².